The summed E-state index contributed by atoms with van der Waals surface area (Å²) in [5.74, 6) is 2.35. The van der Waals surface area contributed by atoms with E-state index in [4.69, 9.17) is 14.2 Å². The lowest BCUT2D eigenvalue weighted by molar-refractivity contribution is 0.355. The van der Waals surface area contributed by atoms with Crippen LogP contribution in [0.1, 0.15) is 5.56 Å². The molecule has 0 N–H and O–H groups in total. The molecule has 0 spiro atoms. The fraction of sp³-hybridized carbons (Fsp3) is 0.150. The Morgan fingerprint density at radius 1 is 0.964 bits per heavy atom. The number of ether oxygens (including phenoxy) is 3. The Kier molecular flexibility index (Phi) is 4.70. The van der Waals surface area contributed by atoms with Crippen LogP contribution in [0.15, 0.2) is 47.3 Å². The van der Waals surface area contributed by atoms with Crippen molar-refractivity contribution in [3.8, 4) is 28.6 Å². The number of rotatable bonds is 5. The molecule has 7 nitrogen and oxygen atoms in total. The second-order valence-electron chi connectivity index (χ2n) is 5.90. The van der Waals surface area contributed by atoms with Crippen molar-refractivity contribution in [2.45, 2.75) is 0 Å². The monoisotopic (exact) mass is 395 g/mol. The van der Waals surface area contributed by atoms with E-state index in [0.29, 0.717) is 32.4 Å². The molecule has 28 heavy (non-hydrogen) atoms. The first kappa shape index (κ1) is 18.0. The molecule has 0 saturated heterocycles. The van der Waals surface area contributed by atoms with Crippen molar-refractivity contribution in [2.24, 2.45) is 0 Å². The molecule has 0 aliphatic heterocycles. The standard InChI is InChI=1S/C20H17N3O4S/c1-25-14-6-4-5-12(9-14)10-17-19(24)23-18(21-22-20(23)28-17)13-7-8-15(26-2)16(11-13)27-3/h4-11H,1-3H3. The van der Waals surface area contributed by atoms with Crippen molar-refractivity contribution in [2.75, 3.05) is 21.3 Å². The molecule has 0 radical (unpaired) electrons. The molecule has 0 fully saturated rings. The average Bonchev–Trinajstić information content (AvgIpc) is 3.28. The van der Waals surface area contributed by atoms with Crippen LogP contribution in [-0.2, 0) is 0 Å². The molecule has 2 aromatic heterocycles. The average molecular weight is 395 g/mol. The van der Waals surface area contributed by atoms with Crippen LogP contribution in [0.5, 0.6) is 17.2 Å². The predicted octanol–water partition coefficient (Wildman–Crippen LogP) is 2.39. The SMILES string of the molecule is COc1cccc(C=c2sc3nnc(-c4ccc(OC)c(OC)c4)n3c2=O)c1. The van der Waals surface area contributed by atoms with Crippen molar-refractivity contribution in [3.05, 3.63) is 62.9 Å². The summed E-state index contributed by atoms with van der Waals surface area (Å²) in [5.41, 5.74) is 1.42. The van der Waals surface area contributed by atoms with E-state index in [9.17, 15) is 4.79 Å². The van der Waals surface area contributed by atoms with E-state index in [0.717, 1.165) is 11.3 Å². The van der Waals surface area contributed by atoms with Gasteiger partial charge in [0.25, 0.3) is 5.56 Å². The largest absolute Gasteiger partial charge is 0.497 e. The minimum absolute atomic E-state index is 0.169. The van der Waals surface area contributed by atoms with Gasteiger partial charge >= 0.3 is 0 Å². The molecule has 8 heteroatoms. The minimum Gasteiger partial charge on any atom is -0.497 e. The summed E-state index contributed by atoms with van der Waals surface area (Å²) in [6.07, 6.45) is 1.82. The second-order valence-corrected chi connectivity index (χ2v) is 6.91. The number of fused-ring (bicyclic) bond motifs is 1. The molecule has 0 amide bonds. The van der Waals surface area contributed by atoms with Crippen LogP contribution in [0, 0.1) is 0 Å². The Labute approximate surface area is 164 Å². The Morgan fingerprint density at radius 3 is 2.54 bits per heavy atom. The Balaban J connectivity index is 1.85. The van der Waals surface area contributed by atoms with Crippen molar-refractivity contribution < 1.29 is 14.2 Å². The van der Waals surface area contributed by atoms with E-state index < -0.39 is 0 Å². The fourth-order valence-corrected chi connectivity index (χ4v) is 3.82. The zero-order chi connectivity index (χ0) is 19.7. The van der Waals surface area contributed by atoms with Gasteiger partial charge in [0.15, 0.2) is 17.3 Å². The van der Waals surface area contributed by atoms with Crippen molar-refractivity contribution in [3.63, 3.8) is 0 Å². The van der Waals surface area contributed by atoms with Crippen LogP contribution < -0.4 is 24.3 Å². The number of benzene rings is 2. The van der Waals surface area contributed by atoms with Crippen molar-refractivity contribution in [1.29, 1.82) is 0 Å². The molecule has 0 unspecified atom stereocenters. The zero-order valence-corrected chi connectivity index (χ0v) is 16.3. The highest BCUT2D eigenvalue weighted by Gasteiger charge is 2.16. The van der Waals surface area contributed by atoms with Crippen LogP contribution in [-0.4, -0.2) is 35.9 Å². The Hall–Kier alpha value is -3.39. The molecular formula is C20H17N3O4S. The van der Waals surface area contributed by atoms with Crippen molar-refractivity contribution >= 4 is 22.4 Å². The lowest BCUT2D eigenvalue weighted by atomic mass is 10.2. The Morgan fingerprint density at radius 2 is 1.79 bits per heavy atom. The lowest BCUT2D eigenvalue weighted by Gasteiger charge is -2.08. The van der Waals surface area contributed by atoms with Crippen LogP contribution in [0.25, 0.3) is 22.4 Å². The van der Waals surface area contributed by atoms with Gasteiger partial charge in [-0.1, -0.05) is 23.5 Å². The second kappa shape index (κ2) is 7.32. The maximum atomic E-state index is 13.0. The molecule has 0 aliphatic rings. The quantitative estimate of drug-likeness (QED) is 0.517. The van der Waals surface area contributed by atoms with Crippen LogP contribution in [0.2, 0.25) is 0 Å². The molecule has 2 aromatic carbocycles. The smallest absolute Gasteiger partial charge is 0.276 e. The molecule has 0 bridgehead atoms. The highest BCUT2D eigenvalue weighted by molar-refractivity contribution is 7.15. The molecule has 142 valence electrons. The van der Waals surface area contributed by atoms with Crippen LogP contribution in [0.3, 0.4) is 0 Å². The number of methoxy groups -OCH3 is 3. The van der Waals surface area contributed by atoms with E-state index in [1.165, 1.54) is 15.7 Å². The molecule has 4 rings (SSSR count). The lowest BCUT2D eigenvalue weighted by Crippen LogP contribution is -2.23. The summed E-state index contributed by atoms with van der Waals surface area (Å²) in [6, 6.07) is 12.9. The van der Waals surface area contributed by atoms with Crippen LogP contribution in [0.4, 0.5) is 0 Å². The van der Waals surface area contributed by atoms with E-state index in [1.807, 2.05) is 36.4 Å². The maximum absolute atomic E-state index is 13.0. The first-order valence-corrected chi connectivity index (χ1v) is 9.22. The number of nitrogens with zero attached hydrogens (tertiary/aromatic N) is 3. The highest BCUT2D eigenvalue weighted by Crippen LogP contribution is 2.31. The molecule has 0 saturated carbocycles. The van der Waals surface area contributed by atoms with Gasteiger partial charge < -0.3 is 14.2 Å². The molecule has 2 heterocycles. The van der Waals surface area contributed by atoms with Gasteiger partial charge in [0.05, 0.1) is 25.9 Å². The normalized spacial score (nSPS) is 11.8. The van der Waals surface area contributed by atoms with E-state index >= 15 is 0 Å². The summed E-state index contributed by atoms with van der Waals surface area (Å²) < 4.78 is 17.9. The third-order valence-corrected chi connectivity index (χ3v) is 5.24. The van der Waals surface area contributed by atoms with Crippen LogP contribution >= 0.6 is 11.3 Å². The molecule has 4 aromatic rings. The first-order chi connectivity index (χ1) is 13.6. The number of aromatic nitrogens is 3. The third-order valence-electron chi connectivity index (χ3n) is 4.28. The molecule has 0 atom stereocenters. The highest BCUT2D eigenvalue weighted by atomic mass is 32.1. The number of hydrogen-bond donors (Lipinski definition) is 0. The van der Waals surface area contributed by atoms with Gasteiger partial charge in [0, 0.05) is 5.56 Å². The van der Waals surface area contributed by atoms with Gasteiger partial charge in [-0.2, -0.15) is 0 Å². The van der Waals surface area contributed by atoms with E-state index in [1.54, 1.807) is 33.5 Å². The Bertz CT molecular complexity index is 1260. The summed E-state index contributed by atoms with van der Waals surface area (Å²) in [6.45, 7) is 0. The number of hydrogen-bond acceptors (Lipinski definition) is 7. The number of thiazole rings is 1. The first-order valence-electron chi connectivity index (χ1n) is 8.40. The zero-order valence-electron chi connectivity index (χ0n) is 15.5. The van der Waals surface area contributed by atoms with Gasteiger partial charge in [-0.15, -0.1) is 10.2 Å². The summed E-state index contributed by atoms with van der Waals surface area (Å²) in [7, 11) is 4.74. The summed E-state index contributed by atoms with van der Waals surface area (Å²) in [5, 5.41) is 8.35. The molecule has 0 aliphatic carbocycles. The van der Waals surface area contributed by atoms with Crippen molar-refractivity contribution in [1.82, 2.24) is 14.6 Å². The minimum atomic E-state index is -0.169. The topological polar surface area (TPSA) is 75.0 Å². The maximum Gasteiger partial charge on any atom is 0.276 e. The van der Waals surface area contributed by atoms with Gasteiger partial charge in [-0.05, 0) is 42.0 Å². The fourth-order valence-electron chi connectivity index (χ4n) is 2.91. The van der Waals surface area contributed by atoms with Gasteiger partial charge in [0.1, 0.15) is 5.75 Å². The van der Waals surface area contributed by atoms with Gasteiger partial charge in [-0.3, -0.25) is 4.79 Å². The third kappa shape index (κ3) is 3.07. The van der Waals surface area contributed by atoms with E-state index in [2.05, 4.69) is 10.2 Å². The van der Waals surface area contributed by atoms with E-state index in [-0.39, 0.29) is 5.56 Å². The summed E-state index contributed by atoms with van der Waals surface area (Å²) >= 11 is 1.29. The predicted molar refractivity (Wildman–Crippen MR) is 107 cm³/mol. The summed E-state index contributed by atoms with van der Waals surface area (Å²) in [4.78, 5) is 13.5. The van der Waals surface area contributed by atoms with Gasteiger partial charge in [0.2, 0.25) is 4.96 Å². The molecular weight excluding hydrogens is 378 g/mol. The van der Waals surface area contributed by atoms with Gasteiger partial charge in [-0.25, -0.2) is 4.40 Å².